The van der Waals surface area contributed by atoms with E-state index in [0.29, 0.717) is 6.42 Å². The van der Waals surface area contributed by atoms with Crippen molar-refractivity contribution < 1.29 is 18.8 Å². The van der Waals surface area contributed by atoms with Gasteiger partial charge in [0.25, 0.3) is 11.7 Å². The average Bonchev–Trinajstić information content (AvgIpc) is 2.64. The zero-order valence-corrected chi connectivity index (χ0v) is 11.8. The van der Waals surface area contributed by atoms with Crippen molar-refractivity contribution in [2.75, 3.05) is 11.4 Å². The minimum atomic E-state index is -0.821. The third-order valence-corrected chi connectivity index (χ3v) is 3.78. The van der Waals surface area contributed by atoms with Gasteiger partial charge in [-0.3, -0.25) is 19.3 Å². The number of Topliss-reactive ketones (excluding diaryl/α,β-unsaturated/α-hetero) is 2. The molecule has 0 aromatic heterocycles. The van der Waals surface area contributed by atoms with E-state index in [0.717, 1.165) is 17.0 Å². The van der Waals surface area contributed by atoms with Crippen molar-refractivity contribution in [2.24, 2.45) is 5.92 Å². The second-order valence-electron chi connectivity index (χ2n) is 4.78. The fraction of sp³-hybridized carbons (Fsp3) is 0.357. The van der Waals surface area contributed by atoms with Crippen LogP contribution in [-0.4, -0.2) is 24.0 Å². The summed E-state index contributed by atoms with van der Waals surface area (Å²) in [6, 6.07) is 2.14. The molecule has 0 spiro atoms. The summed E-state index contributed by atoms with van der Waals surface area (Å²) in [5, 5.41) is -0.222. The quantitative estimate of drug-likeness (QED) is 0.803. The summed E-state index contributed by atoms with van der Waals surface area (Å²) < 4.78 is 13.5. The maximum atomic E-state index is 13.5. The summed E-state index contributed by atoms with van der Waals surface area (Å²) in [6.45, 7) is 3.37. The van der Waals surface area contributed by atoms with E-state index >= 15 is 0 Å². The lowest BCUT2D eigenvalue weighted by molar-refractivity contribution is -0.123. The smallest absolute Gasteiger partial charge is 0.297 e. The molecular weight excluding hydrogens is 285 g/mol. The number of benzene rings is 1. The summed E-state index contributed by atoms with van der Waals surface area (Å²) in [5.74, 6) is -2.71. The van der Waals surface area contributed by atoms with E-state index in [1.54, 1.807) is 6.92 Å². The Labute approximate surface area is 120 Å². The van der Waals surface area contributed by atoms with Crippen molar-refractivity contribution in [3.05, 3.63) is 28.5 Å². The molecule has 1 heterocycles. The Kier molecular flexibility index (Phi) is 3.90. The van der Waals surface area contributed by atoms with Crippen molar-refractivity contribution in [3.8, 4) is 0 Å². The van der Waals surface area contributed by atoms with Gasteiger partial charge in [-0.1, -0.05) is 25.4 Å². The van der Waals surface area contributed by atoms with Gasteiger partial charge in [0.05, 0.1) is 22.8 Å². The van der Waals surface area contributed by atoms with Crippen molar-refractivity contribution in [2.45, 2.75) is 20.3 Å². The first-order chi connectivity index (χ1) is 9.36. The van der Waals surface area contributed by atoms with Crippen LogP contribution in [-0.2, 0) is 9.59 Å². The molecule has 1 aliphatic rings. The van der Waals surface area contributed by atoms with Crippen LogP contribution in [0.5, 0.6) is 0 Å². The molecule has 1 aliphatic heterocycles. The first-order valence-corrected chi connectivity index (χ1v) is 6.62. The second kappa shape index (κ2) is 5.32. The van der Waals surface area contributed by atoms with Crippen LogP contribution in [0, 0.1) is 11.7 Å². The Balaban J connectivity index is 2.38. The maximum Gasteiger partial charge on any atom is 0.299 e. The lowest BCUT2D eigenvalue weighted by atomic mass is 10.0. The Morgan fingerprint density at radius 2 is 2.05 bits per heavy atom. The average molecular weight is 298 g/mol. The minimum Gasteiger partial charge on any atom is -0.297 e. The predicted molar refractivity (Wildman–Crippen MR) is 72.6 cm³/mol. The van der Waals surface area contributed by atoms with E-state index in [-0.39, 0.29) is 34.5 Å². The van der Waals surface area contributed by atoms with E-state index < -0.39 is 17.5 Å². The van der Waals surface area contributed by atoms with Gasteiger partial charge < -0.3 is 0 Å². The highest BCUT2D eigenvalue weighted by molar-refractivity contribution is 6.53. The number of halogens is 2. The molecule has 106 valence electrons. The second-order valence-corrected chi connectivity index (χ2v) is 5.19. The van der Waals surface area contributed by atoms with Crippen molar-refractivity contribution in [1.82, 2.24) is 0 Å². The first kappa shape index (κ1) is 14.7. The van der Waals surface area contributed by atoms with Gasteiger partial charge in [-0.15, -0.1) is 0 Å². The number of rotatable bonds is 4. The third-order valence-electron chi connectivity index (χ3n) is 3.49. The molecule has 4 nitrogen and oxygen atoms in total. The van der Waals surface area contributed by atoms with Gasteiger partial charge in [-0.25, -0.2) is 4.39 Å². The molecule has 1 amide bonds. The number of hydrogen-bond acceptors (Lipinski definition) is 3. The number of hydrogen-bond donors (Lipinski definition) is 0. The normalized spacial score (nSPS) is 15.5. The van der Waals surface area contributed by atoms with E-state index in [9.17, 15) is 18.8 Å². The van der Waals surface area contributed by atoms with E-state index in [2.05, 4.69) is 0 Å². The first-order valence-electron chi connectivity index (χ1n) is 6.24. The highest BCUT2D eigenvalue weighted by atomic mass is 35.5. The molecule has 0 fully saturated rings. The van der Waals surface area contributed by atoms with Crippen LogP contribution in [0.3, 0.4) is 0 Å². The Bertz CT molecular complexity index is 615. The van der Waals surface area contributed by atoms with Crippen LogP contribution in [0.4, 0.5) is 10.1 Å². The molecule has 1 aromatic rings. The summed E-state index contributed by atoms with van der Waals surface area (Å²) in [6.07, 6.45) is 0.636. The SMILES string of the molecule is CCC(C)C(=O)CN1C(=O)C(=O)c2cc(Cl)c(F)cc21. The van der Waals surface area contributed by atoms with Crippen molar-refractivity contribution in [1.29, 1.82) is 0 Å². The number of carbonyl (C=O) groups is 3. The molecule has 0 aliphatic carbocycles. The molecule has 20 heavy (non-hydrogen) atoms. The number of nitrogens with zero attached hydrogens (tertiary/aromatic N) is 1. The molecular formula is C14H13ClFNO3. The Morgan fingerprint density at radius 3 is 2.65 bits per heavy atom. The fourth-order valence-electron chi connectivity index (χ4n) is 1.99. The Hall–Kier alpha value is -1.75. The molecule has 0 radical (unpaired) electrons. The zero-order valence-electron chi connectivity index (χ0n) is 11.1. The van der Waals surface area contributed by atoms with Crippen LogP contribution in [0.25, 0.3) is 0 Å². The van der Waals surface area contributed by atoms with Gasteiger partial charge in [-0.2, -0.15) is 0 Å². The van der Waals surface area contributed by atoms with Gasteiger partial charge in [0, 0.05) is 5.92 Å². The summed E-state index contributed by atoms with van der Waals surface area (Å²) in [4.78, 5) is 36.6. The van der Waals surface area contributed by atoms with Crippen LogP contribution in [0.1, 0.15) is 30.6 Å². The maximum absolute atomic E-state index is 13.5. The standard InChI is InChI=1S/C14H13ClFNO3/c1-3-7(2)12(18)6-17-11-5-10(16)9(15)4-8(11)13(19)14(17)20/h4-5,7H,3,6H2,1-2H3. The molecule has 1 aromatic carbocycles. The molecule has 0 saturated heterocycles. The van der Waals surface area contributed by atoms with Crippen LogP contribution in [0.15, 0.2) is 12.1 Å². The Morgan fingerprint density at radius 1 is 1.40 bits per heavy atom. The molecule has 0 N–H and O–H groups in total. The van der Waals surface area contributed by atoms with E-state index in [1.165, 1.54) is 0 Å². The predicted octanol–water partition coefficient (Wildman–Crippen LogP) is 2.62. The molecule has 2 rings (SSSR count). The number of anilines is 1. The molecule has 1 unspecified atom stereocenters. The van der Waals surface area contributed by atoms with Crippen LogP contribution in [0.2, 0.25) is 5.02 Å². The van der Waals surface area contributed by atoms with Gasteiger partial charge in [0.15, 0.2) is 5.78 Å². The summed E-state index contributed by atoms with van der Waals surface area (Å²) in [7, 11) is 0. The van der Waals surface area contributed by atoms with Gasteiger partial charge in [-0.05, 0) is 18.6 Å². The molecule has 0 bridgehead atoms. The zero-order chi connectivity index (χ0) is 15.0. The van der Waals surface area contributed by atoms with Gasteiger partial charge in [0.2, 0.25) is 0 Å². The summed E-state index contributed by atoms with van der Waals surface area (Å²) >= 11 is 5.61. The van der Waals surface area contributed by atoms with Crippen molar-refractivity contribution >= 4 is 34.8 Å². The highest BCUT2D eigenvalue weighted by Crippen LogP contribution is 2.33. The highest BCUT2D eigenvalue weighted by Gasteiger charge is 2.38. The van der Waals surface area contributed by atoms with Crippen LogP contribution < -0.4 is 4.90 Å². The van der Waals surface area contributed by atoms with Crippen molar-refractivity contribution in [3.63, 3.8) is 0 Å². The van der Waals surface area contributed by atoms with E-state index in [4.69, 9.17) is 11.6 Å². The molecule has 0 saturated carbocycles. The molecule has 1 atom stereocenters. The number of amides is 1. The topological polar surface area (TPSA) is 54.5 Å². The summed E-state index contributed by atoms with van der Waals surface area (Å²) in [5.41, 5.74) is 0.150. The molecule has 6 heteroatoms. The minimum absolute atomic E-state index is 0.0401. The lowest BCUT2D eigenvalue weighted by Gasteiger charge is -2.17. The monoisotopic (exact) mass is 297 g/mol. The largest absolute Gasteiger partial charge is 0.299 e. The third kappa shape index (κ3) is 2.33. The van der Waals surface area contributed by atoms with E-state index in [1.807, 2.05) is 6.92 Å². The number of ketones is 2. The van der Waals surface area contributed by atoms with Crippen LogP contribution >= 0.6 is 11.6 Å². The van der Waals surface area contributed by atoms with Gasteiger partial charge >= 0.3 is 0 Å². The van der Waals surface area contributed by atoms with Gasteiger partial charge in [0.1, 0.15) is 5.82 Å². The lowest BCUT2D eigenvalue weighted by Crippen LogP contribution is -2.36. The number of carbonyl (C=O) groups excluding carboxylic acids is 3. The number of fused-ring (bicyclic) bond motifs is 1. The fourth-order valence-corrected chi connectivity index (χ4v) is 2.15.